The van der Waals surface area contributed by atoms with E-state index >= 15 is 0 Å². The molecule has 0 saturated carbocycles. The highest BCUT2D eigenvalue weighted by atomic mass is 19.1. The minimum absolute atomic E-state index is 0.0451. The number of hydrogen-bond acceptors (Lipinski definition) is 8. The van der Waals surface area contributed by atoms with Gasteiger partial charge in [-0.05, 0) is 38.0 Å². The van der Waals surface area contributed by atoms with Gasteiger partial charge in [-0.1, -0.05) is 0 Å². The van der Waals surface area contributed by atoms with Gasteiger partial charge in [-0.3, -0.25) is 4.79 Å². The number of carbonyl (C=O) groups excluding carboxylic acids is 1. The van der Waals surface area contributed by atoms with Gasteiger partial charge in [0.2, 0.25) is 5.95 Å². The molecule has 1 fully saturated rings. The largest absolute Gasteiger partial charge is 0.494 e. The zero-order valence-electron chi connectivity index (χ0n) is 17.6. The molecule has 0 unspecified atom stereocenters. The van der Waals surface area contributed by atoms with E-state index in [-0.39, 0.29) is 29.6 Å². The predicted molar refractivity (Wildman–Crippen MR) is 114 cm³/mol. The molecule has 1 amide bonds. The Kier molecular flexibility index (Phi) is 4.80. The van der Waals surface area contributed by atoms with Gasteiger partial charge in [0.05, 0.1) is 12.5 Å². The van der Waals surface area contributed by atoms with Crippen molar-refractivity contribution in [3.05, 3.63) is 47.8 Å². The highest BCUT2D eigenvalue weighted by Gasteiger charge is 2.33. The molecule has 0 bridgehead atoms. The maximum atomic E-state index is 14.2. The van der Waals surface area contributed by atoms with Crippen molar-refractivity contribution in [2.45, 2.75) is 31.7 Å². The average Bonchev–Trinajstić information content (AvgIpc) is 3.26. The van der Waals surface area contributed by atoms with Gasteiger partial charge in [0, 0.05) is 30.8 Å². The van der Waals surface area contributed by atoms with Crippen LogP contribution in [0.1, 0.15) is 42.0 Å². The van der Waals surface area contributed by atoms with Gasteiger partial charge in [0.15, 0.2) is 17.2 Å². The number of nitrogen functional groups attached to an aromatic ring is 1. The number of hydrogen-bond donors (Lipinski definition) is 1. The van der Waals surface area contributed by atoms with Crippen LogP contribution in [0.4, 0.5) is 10.3 Å². The Balaban J connectivity index is 1.54. The van der Waals surface area contributed by atoms with Crippen LogP contribution in [0.5, 0.6) is 5.75 Å². The topological polar surface area (TPSA) is 124 Å². The van der Waals surface area contributed by atoms with E-state index in [9.17, 15) is 9.18 Å². The van der Waals surface area contributed by atoms with E-state index in [0.29, 0.717) is 34.6 Å². The summed E-state index contributed by atoms with van der Waals surface area (Å²) >= 11 is 0. The number of ether oxygens (including phenoxy) is 1. The Morgan fingerprint density at radius 1 is 1.28 bits per heavy atom. The minimum Gasteiger partial charge on any atom is -0.494 e. The van der Waals surface area contributed by atoms with E-state index in [1.165, 1.54) is 30.0 Å². The third kappa shape index (κ3) is 3.26. The number of nitrogens with two attached hydrogens (primary N) is 1. The number of rotatable bonds is 3. The standard InChI is InChI=1S/C21H21FN8O2/c1-11-5-6-12(10-29(11)20(31)15-4-3-7-24-27-15)18-26-19-14-8-13(22)9-16(32-2)17(14)25-21(23)30(19)28-18/h3-4,7-9,11-12H,5-6,10H2,1-2H3,(H2,23,25)/t11-,12+/m0/s1. The van der Waals surface area contributed by atoms with Crippen LogP contribution in [-0.4, -0.2) is 60.3 Å². The van der Waals surface area contributed by atoms with Crippen LogP contribution < -0.4 is 10.5 Å². The summed E-state index contributed by atoms with van der Waals surface area (Å²) in [6, 6.07) is 5.97. The molecule has 4 aromatic rings. The van der Waals surface area contributed by atoms with Gasteiger partial charge in [-0.15, -0.1) is 10.2 Å². The zero-order valence-corrected chi connectivity index (χ0v) is 17.6. The number of likely N-dealkylation sites (tertiary alicyclic amines) is 1. The van der Waals surface area contributed by atoms with Gasteiger partial charge in [0.1, 0.15) is 17.1 Å². The van der Waals surface area contributed by atoms with Crippen molar-refractivity contribution in [1.82, 2.24) is 34.7 Å². The molecule has 0 aliphatic carbocycles. The van der Waals surface area contributed by atoms with Crippen molar-refractivity contribution in [3.63, 3.8) is 0 Å². The normalized spacial score (nSPS) is 18.9. The summed E-state index contributed by atoms with van der Waals surface area (Å²) in [5.74, 6) is 0.144. The quantitative estimate of drug-likeness (QED) is 0.518. The molecule has 1 aliphatic rings. The van der Waals surface area contributed by atoms with Gasteiger partial charge in [0.25, 0.3) is 5.91 Å². The highest BCUT2D eigenvalue weighted by Crippen LogP contribution is 2.33. The average molecular weight is 436 g/mol. The lowest BCUT2D eigenvalue weighted by atomic mass is 9.92. The smallest absolute Gasteiger partial charge is 0.274 e. The number of methoxy groups -OCH3 is 1. The van der Waals surface area contributed by atoms with Crippen LogP contribution in [-0.2, 0) is 0 Å². The number of aromatic nitrogens is 6. The molecular formula is C21H21FN8O2. The predicted octanol–water partition coefficient (Wildman–Crippen LogP) is 2.21. The first-order valence-electron chi connectivity index (χ1n) is 10.2. The van der Waals surface area contributed by atoms with Crippen molar-refractivity contribution in [2.24, 2.45) is 0 Å². The first kappa shape index (κ1) is 20.0. The van der Waals surface area contributed by atoms with Crippen molar-refractivity contribution < 1.29 is 13.9 Å². The third-order valence-corrected chi connectivity index (χ3v) is 5.87. The van der Waals surface area contributed by atoms with Crippen LogP contribution in [0.2, 0.25) is 0 Å². The summed E-state index contributed by atoms with van der Waals surface area (Å²) in [6.45, 7) is 2.43. The van der Waals surface area contributed by atoms with Crippen LogP contribution in [0.3, 0.4) is 0 Å². The number of halogens is 1. The lowest BCUT2D eigenvalue weighted by molar-refractivity contribution is 0.0599. The van der Waals surface area contributed by atoms with Crippen molar-refractivity contribution in [3.8, 4) is 5.75 Å². The Morgan fingerprint density at radius 3 is 2.88 bits per heavy atom. The van der Waals surface area contributed by atoms with E-state index in [4.69, 9.17) is 10.5 Å². The summed E-state index contributed by atoms with van der Waals surface area (Å²) in [5.41, 5.74) is 7.22. The molecule has 1 aromatic carbocycles. The van der Waals surface area contributed by atoms with Crippen LogP contribution in [0.25, 0.3) is 16.6 Å². The highest BCUT2D eigenvalue weighted by molar-refractivity contribution is 5.96. The molecule has 3 aromatic heterocycles. The second kappa shape index (κ2) is 7.66. The van der Waals surface area contributed by atoms with Crippen LogP contribution >= 0.6 is 0 Å². The first-order chi connectivity index (χ1) is 15.5. The molecule has 32 heavy (non-hydrogen) atoms. The van der Waals surface area contributed by atoms with Crippen molar-refractivity contribution in [1.29, 1.82) is 0 Å². The monoisotopic (exact) mass is 436 g/mol. The lowest BCUT2D eigenvalue weighted by Crippen LogP contribution is -2.45. The summed E-state index contributed by atoms with van der Waals surface area (Å²) in [4.78, 5) is 23.8. The van der Waals surface area contributed by atoms with Gasteiger partial charge >= 0.3 is 0 Å². The number of anilines is 1. The molecule has 1 aliphatic heterocycles. The number of nitrogens with zero attached hydrogens (tertiary/aromatic N) is 7. The second-order valence-electron chi connectivity index (χ2n) is 7.87. The van der Waals surface area contributed by atoms with Crippen LogP contribution in [0.15, 0.2) is 30.5 Å². The van der Waals surface area contributed by atoms with Gasteiger partial charge in [-0.25, -0.2) is 14.4 Å². The van der Waals surface area contributed by atoms with Crippen molar-refractivity contribution >= 4 is 28.4 Å². The number of piperidine rings is 1. The second-order valence-corrected chi connectivity index (χ2v) is 7.87. The summed E-state index contributed by atoms with van der Waals surface area (Å²) in [5, 5.41) is 12.7. The fraction of sp³-hybridized carbons (Fsp3) is 0.333. The molecule has 2 N–H and O–H groups in total. The first-order valence-corrected chi connectivity index (χ1v) is 10.2. The Bertz CT molecular complexity index is 1330. The number of fused-ring (bicyclic) bond motifs is 3. The molecule has 0 radical (unpaired) electrons. The zero-order chi connectivity index (χ0) is 22.4. The molecule has 0 spiro atoms. The van der Waals surface area contributed by atoms with Gasteiger partial charge < -0.3 is 15.4 Å². The number of benzene rings is 1. The molecule has 164 valence electrons. The number of carbonyl (C=O) groups is 1. The Hall–Kier alpha value is -3.89. The Labute approximate surface area is 182 Å². The van der Waals surface area contributed by atoms with Gasteiger partial charge in [-0.2, -0.15) is 9.61 Å². The SMILES string of the molecule is COc1cc(F)cc2c1nc(N)n1nc([C@@H]3CC[C@H](C)N(C(=O)c4cccnn4)C3)nc21. The molecule has 2 atom stereocenters. The molecule has 1 saturated heterocycles. The minimum atomic E-state index is -0.473. The molecular weight excluding hydrogens is 415 g/mol. The summed E-state index contributed by atoms with van der Waals surface area (Å²) < 4.78 is 20.8. The molecule has 10 nitrogen and oxygen atoms in total. The lowest BCUT2D eigenvalue weighted by Gasteiger charge is -2.36. The summed E-state index contributed by atoms with van der Waals surface area (Å²) in [6.07, 6.45) is 3.11. The fourth-order valence-electron chi connectivity index (χ4n) is 4.18. The maximum absolute atomic E-state index is 14.2. The number of amides is 1. The van der Waals surface area contributed by atoms with E-state index < -0.39 is 5.82 Å². The van der Waals surface area contributed by atoms with E-state index in [1.54, 1.807) is 17.0 Å². The molecule has 11 heteroatoms. The maximum Gasteiger partial charge on any atom is 0.274 e. The molecule has 4 heterocycles. The summed E-state index contributed by atoms with van der Waals surface area (Å²) in [7, 11) is 1.44. The molecule has 5 rings (SSSR count). The van der Waals surface area contributed by atoms with Crippen LogP contribution in [0, 0.1) is 5.82 Å². The van der Waals surface area contributed by atoms with E-state index in [0.717, 1.165) is 12.8 Å². The van der Waals surface area contributed by atoms with Crippen molar-refractivity contribution in [2.75, 3.05) is 19.4 Å². The van der Waals surface area contributed by atoms with E-state index in [1.807, 2.05) is 6.92 Å². The van der Waals surface area contributed by atoms with E-state index in [2.05, 4.69) is 25.3 Å². The third-order valence-electron chi connectivity index (χ3n) is 5.87. The Morgan fingerprint density at radius 2 is 2.12 bits per heavy atom. The fourth-order valence-corrected chi connectivity index (χ4v) is 4.18.